The average Bonchev–Trinajstić information content (AvgIpc) is 2.62. The molecule has 4 nitrogen and oxygen atoms in total. The molecule has 0 unspecified atom stereocenters. The number of benzene rings is 3. The minimum Gasteiger partial charge on any atom is -0.377 e. The van der Waals surface area contributed by atoms with Crippen LogP contribution in [0.15, 0.2) is 59.5 Å². The van der Waals surface area contributed by atoms with Gasteiger partial charge in [0, 0.05) is 19.8 Å². The Hall–Kier alpha value is -2.77. The summed E-state index contributed by atoms with van der Waals surface area (Å²) < 4.78 is 50.9. The van der Waals surface area contributed by atoms with Gasteiger partial charge in [0.2, 0.25) is 10.0 Å². The molecule has 3 rings (SSSR count). The van der Waals surface area contributed by atoms with Gasteiger partial charge in [0.15, 0.2) is 11.6 Å². The smallest absolute Gasteiger partial charge is 0.238 e. The summed E-state index contributed by atoms with van der Waals surface area (Å²) in [6.07, 6.45) is 0. The fraction of sp³-hybridized carbons (Fsp3) is 0.143. The summed E-state index contributed by atoms with van der Waals surface area (Å²) in [5.74, 6) is -1.93. The first kappa shape index (κ1) is 20.0. The van der Waals surface area contributed by atoms with Crippen molar-refractivity contribution < 1.29 is 17.2 Å². The first-order valence-corrected chi connectivity index (χ1v) is 10.0. The van der Waals surface area contributed by atoms with Gasteiger partial charge in [-0.05, 0) is 71.1 Å². The molecular weight excluding hydrogens is 382 g/mol. The third-order valence-electron chi connectivity index (χ3n) is 4.54. The molecule has 0 saturated heterocycles. The lowest BCUT2D eigenvalue weighted by molar-refractivity contribution is 0.509. The first-order chi connectivity index (χ1) is 13.1. The zero-order chi connectivity index (χ0) is 20.6. The van der Waals surface area contributed by atoms with E-state index in [4.69, 9.17) is 5.14 Å². The summed E-state index contributed by atoms with van der Waals surface area (Å²) in [5.41, 5.74) is 4.25. The average molecular weight is 402 g/mol. The van der Waals surface area contributed by atoms with E-state index in [-0.39, 0.29) is 4.90 Å². The standard InChI is InChI=1S/C21H20F2N2O2S/c1-13-10-15(6-9-21(13)25(2)3)18-12-20(23)19(22)11-17(18)14-4-7-16(8-5-14)28(24,26)27/h4-12H,1-3H3,(H2,24,26,27). The van der Waals surface area contributed by atoms with Crippen molar-refractivity contribution in [3.63, 3.8) is 0 Å². The lowest BCUT2D eigenvalue weighted by Crippen LogP contribution is -2.11. The lowest BCUT2D eigenvalue weighted by atomic mass is 9.93. The summed E-state index contributed by atoms with van der Waals surface area (Å²) in [7, 11) is 0.0210. The van der Waals surface area contributed by atoms with E-state index in [0.717, 1.165) is 28.9 Å². The van der Waals surface area contributed by atoms with E-state index in [2.05, 4.69) is 0 Å². The maximum absolute atomic E-state index is 14.0. The zero-order valence-electron chi connectivity index (χ0n) is 15.7. The Kier molecular flexibility index (Phi) is 5.23. The van der Waals surface area contributed by atoms with Crippen LogP contribution in [0.3, 0.4) is 0 Å². The predicted octanol–water partition coefficient (Wildman–Crippen LogP) is 4.32. The van der Waals surface area contributed by atoms with Crippen LogP contribution in [0.25, 0.3) is 22.3 Å². The number of aryl methyl sites for hydroxylation is 1. The fourth-order valence-corrected chi connectivity index (χ4v) is 3.69. The Bertz CT molecular complexity index is 1140. The molecule has 0 atom stereocenters. The van der Waals surface area contributed by atoms with Crippen molar-refractivity contribution in [1.29, 1.82) is 0 Å². The number of anilines is 1. The predicted molar refractivity (Wildman–Crippen MR) is 108 cm³/mol. The van der Waals surface area contributed by atoms with Gasteiger partial charge in [-0.2, -0.15) is 0 Å². The molecule has 3 aromatic carbocycles. The molecule has 0 heterocycles. The summed E-state index contributed by atoms with van der Waals surface area (Å²) in [4.78, 5) is 1.92. The van der Waals surface area contributed by atoms with Gasteiger partial charge in [0.25, 0.3) is 0 Å². The molecule has 0 bridgehead atoms. The van der Waals surface area contributed by atoms with Crippen molar-refractivity contribution in [3.8, 4) is 22.3 Å². The van der Waals surface area contributed by atoms with E-state index in [1.165, 1.54) is 24.3 Å². The highest BCUT2D eigenvalue weighted by molar-refractivity contribution is 7.89. The highest BCUT2D eigenvalue weighted by Gasteiger charge is 2.15. The molecule has 0 amide bonds. The van der Waals surface area contributed by atoms with Gasteiger partial charge in [-0.25, -0.2) is 22.3 Å². The Morgan fingerprint density at radius 2 is 1.32 bits per heavy atom. The van der Waals surface area contributed by atoms with Gasteiger partial charge in [-0.3, -0.25) is 0 Å². The summed E-state index contributed by atoms with van der Waals surface area (Å²) >= 11 is 0. The zero-order valence-corrected chi connectivity index (χ0v) is 16.5. The quantitative estimate of drug-likeness (QED) is 0.707. The molecule has 146 valence electrons. The first-order valence-electron chi connectivity index (χ1n) is 8.48. The molecule has 0 saturated carbocycles. The molecule has 0 aliphatic rings. The fourth-order valence-electron chi connectivity index (χ4n) is 3.17. The molecule has 0 fully saturated rings. The van der Waals surface area contributed by atoms with Gasteiger partial charge >= 0.3 is 0 Å². The van der Waals surface area contributed by atoms with Crippen LogP contribution >= 0.6 is 0 Å². The van der Waals surface area contributed by atoms with Crippen LogP contribution in [-0.4, -0.2) is 22.5 Å². The molecule has 0 spiro atoms. The minimum atomic E-state index is -3.84. The monoisotopic (exact) mass is 402 g/mol. The minimum absolute atomic E-state index is 0.0495. The van der Waals surface area contributed by atoms with Crippen molar-refractivity contribution in [3.05, 3.63) is 71.8 Å². The Morgan fingerprint density at radius 1 is 0.821 bits per heavy atom. The summed E-state index contributed by atoms with van der Waals surface area (Å²) in [5, 5.41) is 5.12. The van der Waals surface area contributed by atoms with Crippen LogP contribution in [0.5, 0.6) is 0 Å². The maximum atomic E-state index is 14.0. The van der Waals surface area contributed by atoms with Crippen LogP contribution in [0.1, 0.15) is 5.56 Å². The van der Waals surface area contributed by atoms with Crippen molar-refractivity contribution >= 4 is 15.7 Å². The van der Waals surface area contributed by atoms with Crippen LogP contribution in [0, 0.1) is 18.6 Å². The molecule has 0 radical (unpaired) electrons. The highest BCUT2D eigenvalue weighted by Crippen LogP contribution is 2.36. The van der Waals surface area contributed by atoms with Crippen molar-refractivity contribution in [1.82, 2.24) is 0 Å². The van der Waals surface area contributed by atoms with E-state index in [9.17, 15) is 17.2 Å². The second-order valence-corrected chi connectivity index (χ2v) is 8.34. The van der Waals surface area contributed by atoms with Crippen LogP contribution in [0.4, 0.5) is 14.5 Å². The Morgan fingerprint density at radius 3 is 1.79 bits per heavy atom. The molecule has 0 aromatic heterocycles. The van der Waals surface area contributed by atoms with E-state index in [1.54, 1.807) is 0 Å². The summed E-state index contributed by atoms with van der Waals surface area (Å²) in [6, 6.07) is 13.7. The van der Waals surface area contributed by atoms with Crippen molar-refractivity contribution in [2.24, 2.45) is 5.14 Å². The van der Waals surface area contributed by atoms with Gasteiger partial charge < -0.3 is 4.90 Å². The van der Waals surface area contributed by atoms with E-state index >= 15 is 0 Å². The Labute approximate surface area is 163 Å². The maximum Gasteiger partial charge on any atom is 0.238 e. The van der Waals surface area contributed by atoms with Gasteiger partial charge in [-0.15, -0.1) is 0 Å². The number of nitrogens with zero attached hydrogens (tertiary/aromatic N) is 1. The Balaban J connectivity index is 2.18. The normalized spacial score (nSPS) is 11.5. The van der Waals surface area contributed by atoms with Crippen LogP contribution in [0.2, 0.25) is 0 Å². The van der Waals surface area contributed by atoms with E-state index in [1.807, 2.05) is 44.1 Å². The number of halogens is 2. The number of rotatable bonds is 4. The number of hydrogen-bond donors (Lipinski definition) is 1. The largest absolute Gasteiger partial charge is 0.377 e. The van der Waals surface area contributed by atoms with E-state index in [0.29, 0.717) is 16.7 Å². The topological polar surface area (TPSA) is 63.4 Å². The van der Waals surface area contributed by atoms with E-state index < -0.39 is 21.7 Å². The molecule has 7 heteroatoms. The number of nitrogens with two attached hydrogens (primary N) is 1. The molecule has 0 aliphatic carbocycles. The van der Waals surface area contributed by atoms with Crippen LogP contribution < -0.4 is 10.0 Å². The van der Waals surface area contributed by atoms with Crippen molar-refractivity contribution in [2.75, 3.05) is 19.0 Å². The molecule has 0 aliphatic heterocycles. The molecule has 3 aromatic rings. The second kappa shape index (κ2) is 7.33. The third kappa shape index (κ3) is 3.90. The second-order valence-electron chi connectivity index (χ2n) is 6.78. The van der Waals surface area contributed by atoms with Gasteiger partial charge in [-0.1, -0.05) is 18.2 Å². The molecule has 2 N–H and O–H groups in total. The highest BCUT2D eigenvalue weighted by atomic mass is 32.2. The SMILES string of the molecule is Cc1cc(-c2cc(F)c(F)cc2-c2ccc(S(N)(=O)=O)cc2)ccc1N(C)C. The molecule has 28 heavy (non-hydrogen) atoms. The van der Waals surface area contributed by atoms with Gasteiger partial charge in [0.05, 0.1) is 4.90 Å². The lowest BCUT2D eigenvalue weighted by Gasteiger charge is -2.18. The van der Waals surface area contributed by atoms with Crippen molar-refractivity contribution in [2.45, 2.75) is 11.8 Å². The number of hydrogen-bond acceptors (Lipinski definition) is 3. The molecular formula is C21H20F2N2O2S. The summed E-state index contributed by atoms with van der Waals surface area (Å²) in [6.45, 7) is 1.94. The van der Waals surface area contributed by atoms with Gasteiger partial charge in [0.1, 0.15) is 0 Å². The number of sulfonamides is 1. The number of primary sulfonamides is 1. The third-order valence-corrected chi connectivity index (χ3v) is 5.47. The van der Waals surface area contributed by atoms with Crippen LogP contribution in [-0.2, 0) is 10.0 Å².